The molecule has 1 aromatic carbocycles. The monoisotopic (exact) mass is 277 g/mol. The first kappa shape index (κ1) is 15.0. The van der Waals surface area contributed by atoms with E-state index < -0.39 is 0 Å². The lowest BCUT2D eigenvalue weighted by Crippen LogP contribution is -2.44. The average molecular weight is 277 g/mol. The predicted octanol–water partition coefficient (Wildman–Crippen LogP) is 3.36. The molecule has 0 aromatic heterocycles. The minimum absolute atomic E-state index is 0.0285. The van der Waals surface area contributed by atoms with Crippen LogP contribution in [-0.2, 0) is 20.8 Å². The second kappa shape index (κ2) is 6.86. The van der Waals surface area contributed by atoms with Gasteiger partial charge < -0.3 is 14.2 Å². The Morgan fingerprint density at radius 3 is 2.65 bits per heavy atom. The quantitative estimate of drug-likeness (QED) is 0.678. The highest BCUT2D eigenvalue weighted by atomic mass is 16.7. The van der Waals surface area contributed by atoms with Gasteiger partial charge in [0.2, 0.25) is 6.29 Å². The zero-order valence-electron chi connectivity index (χ0n) is 12.3. The molecule has 1 N–H and O–H groups in total. The SMILES string of the molecule is CC(=N)OC1OC(C)[C@@H](OCc2ccccc2)C[C@H]1C. The summed E-state index contributed by atoms with van der Waals surface area (Å²) >= 11 is 0. The van der Waals surface area contributed by atoms with Crippen LogP contribution < -0.4 is 0 Å². The largest absolute Gasteiger partial charge is 0.452 e. The van der Waals surface area contributed by atoms with Gasteiger partial charge in [-0.05, 0) is 18.9 Å². The smallest absolute Gasteiger partial charge is 0.204 e. The zero-order valence-corrected chi connectivity index (χ0v) is 12.3. The Balaban J connectivity index is 1.86. The average Bonchev–Trinajstić information content (AvgIpc) is 2.41. The van der Waals surface area contributed by atoms with Crippen molar-refractivity contribution in [3.63, 3.8) is 0 Å². The highest BCUT2D eigenvalue weighted by Gasteiger charge is 2.35. The van der Waals surface area contributed by atoms with Gasteiger partial charge in [-0.2, -0.15) is 0 Å². The normalized spacial score (nSPS) is 29.9. The van der Waals surface area contributed by atoms with E-state index in [0.29, 0.717) is 6.61 Å². The molecule has 0 saturated carbocycles. The molecule has 0 radical (unpaired) electrons. The maximum atomic E-state index is 7.40. The van der Waals surface area contributed by atoms with Gasteiger partial charge in [0.1, 0.15) is 0 Å². The summed E-state index contributed by atoms with van der Waals surface area (Å²) in [6, 6.07) is 10.1. The van der Waals surface area contributed by atoms with Crippen LogP contribution in [0.3, 0.4) is 0 Å². The lowest BCUT2D eigenvalue weighted by molar-refractivity contribution is -0.223. The second-order valence-corrected chi connectivity index (χ2v) is 5.43. The third kappa shape index (κ3) is 4.05. The van der Waals surface area contributed by atoms with Crippen molar-refractivity contribution < 1.29 is 14.2 Å². The van der Waals surface area contributed by atoms with Crippen molar-refractivity contribution in [3.8, 4) is 0 Å². The summed E-state index contributed by atoms with van der Waals surface area (Å²) in [5.74, 6) is 0.407. The van der Waals surface area contributed by atoms with Crippen LogP contribution in [0, 0.1) is 11.3 Å². The molecule has 2 rings (SSSR count). The van der Waals surface area contributed by atoms with Crippen molar-refractivity contribution >= 4 is 5.90 Å². The zero-order chi connectivity index (χ0) is 14.5. The number of ether oxygens (including phenoxy) is 3. The molecule has 0 amide bonds. The molecule has 1 aromatic rings. The van der Waals surface area contributed by atoms with Crippen LogP contribution in [0.25, 0.3) is 0 Å². The van der Waals surface area contributed by atoms with Gasteiger partial charge in [-0.1, -0.05) is 37.3 Å². The second-order valence-electron chi connectivity index (χ2n) is 5.43. The Hall–Kier alpha value is -1.39. The molecule has 1 aliphatic rings. The maximum absolute atomic E-state index is 7.40. The molecular formula is C16H23NO3. The van der Waals surface area contributed by atoms with Crippen molar-refractivity contribution in [2.75, 3.05) is 0 Å². The highest BCUT2D eigenvalue weighted by Crippen LogP contribution is 2.28. The number of hydrogen-bond acceptors (Lipinski definition) is 4. The fraction of sp³-hybridized carbons (Fsp3) is 0.562. The lowest BCUT2D eigenvalue weighted by Gasteiger charge is -2.38. The molecule has 1 heterocycles. The van der Waals surface area contributed by atoms with Gasteiger partial charge in [0, 0.05) is 12.8 Å². The van der Waals surface area contributed by atoms with E-state index in [4.69, 9.17) is 19.6 Å². The van der Waals surface area contributed by atoms with E-state index in [2.05, 4.69) is 19.1 Å². The third-order valence-electron chi connectivity index (χ3n) is 3.54. The number of benzene rings is 1. The number of hydrogen-bond donors (Lipinski definition) is 1. The fourth-order valence-corrected chi connectivity index (χ4v) is 2.40. The van der Waals surface area contributed by atoms with Crippen LogP contribution >= 0.6 is 0 Å². The van der Waals surface area contributed by atoms with Crippen molar-refractivity contribution in [1.82, 2.24) is 0 Å². The Bertz CT molecular complexity index is 435. The van der Waals surface area contributed by atoms with E-state index in [1.165, 1.54) is 5.56 Å². The van der Waals surface area contributed by atoms with E-state index in [1.54, 1.807) is 6.92 Å². The molecule has 20 heavy (non-hydrogen) atoms. The highest BCUT2D eigenvalue weighted by molar-refractivity contribution is 5.69. The van der Waals surface area contributed by atoms with Crippen LogP contribution in [0.4, 0.5) is 0 Å². The van der Waals surface area contributed by atoms with Crippen molar-refractivity contribution in [1.29, 1.82) is 5.41 Å². The summed E-state index contributed by atoms with van der Waals surface area (Å²) in [6.45, 7) is 6.29. The Kier molecular flexibility index (Phi) is 5.15. The van der Waals surface area contributed by atoms with Crippen LogP contribution in [0.15, 0.2) is 30.3 Å². The summed E-state index contributed by atoms with van der Waals surface area (Å²) in [5, 5.41) is 7.40. The van der Waals surface area contributed by atoms with Crippen LogP contribution in [0.2, 0.25) is 0 Å². The topological polar surface area (TPSA) is 51.5 Å². The van der Waals surface area contributed by atoms with Gasteiger partial charge in [-0.25, -0.2) is 0 Å². The van der Waals surface area contributed by atoms with Crippen molar-refractivity contribution in [3.05, 3.63) is 35.9 Å². The molecule has 4 nitrogen and oxygen atoms in total. The molecule has 0 aliphatic carbocycles. The Morgan fingerprint density at radius 1 is 1.30 bits per heavy atom. The molecule has 0 bridgehead atoms. The summed E-state index contributed by atoms with van der Waals surface area (Å²) < 4.78 is 17.2. The molecule has 1 aliphatic heterocycles. The van der Waals surface area contributed by atoms with E-state index in [-0.39, 0.29) is 30.3 Å². The standard InChI is InChI=1S/C16H23NO3/c1-11-9-15(12(2)19-16(11)20-13(3)17)18-10-14-7-5-4-6-8-14/h4-8,11-12,15-17H,9-10H2,1-3H3/t11-,12?,15+,16?/m1/s1. The van der Waals surface area contributed by atoms with Crippen LogP contribution in [0.5, 0.6) is 0 Å². The van der Waals surface area contributed by atoms with E-state index in [0.717, 1.165) is 6.42 Å². The predicted molar refractivity (Wildman–Crippen MR) is 77.6 cm³/mol. The summed E-state index contributed by atoms with van der Waals surface area (Å²) in [6.07, 6.45) is 0.584. The molecule has 1 fully saturated rings. The van der Waals surface area contributed by atoms with E-state index >= 15 is 0 Å². The van der Waals surface area contributed by atoms with Crippen molar-refractivity contribution in [2.24, 2.45) is 5.92 Å². The number of rotatable bonds is 4. The van der Waals surface area contributed by atoms with Gasteiger partial charge in [0.05, 0.1) is 18.8 Å². The molecule has 2 unspecified atom stereocenters. The van der Waals surface area contributed by atoms with Gasteiger partial charge in [-0.15, -0.1) is 0 Å². The fourth-order valence-electron chi connectivity index (χ4n) is 2.40. The first-order valence-corrected chi connectivity index (χ1v) is 7.09. The molecule has 4 heteroatoms. The Labute approximate surface area is 120 Å². The third-order valence-corrected chi connectivity index (χ3v) is 3.54. The summed E-state index contributed by atoms with van der Waals surface area (Å²) in [5.41, 5.74) is 1.17. The first-order valence-electron chi connectivity index (χ1n) is 7.09. The molecular weight excluding hydrogens is 254 g/mol. The van der Waals surface area contributed by atoms with E-state index in [9.17, 15) is 0 Å². The van der Waals surface area contributed by atoms with Crippen LogP contribution in [0.1, 0.15) is 32.8 Å². The molecule has 110 valence electrons. The number of nitrogens with one attached hydrogen (secondary N) is 1. The Morgan fingerprint density at radius 2 is 2.00 bits per heavy atom. The van der Waals surface area contributed by atoms with Gasteiger partial charge in [0.25, 0.3) is 0 Å². The van der Waals surface area contributed by atoms with Gasteiger partial charge >= 0.3 is 0 Å². The molecule has 4 atom stereocenters. The van der Waals surface area contributed by atoms with Gasteiger partial charge in [-0.3, -0.25) is 5.41 Å². The summed E-state index contributed by atoms with van der Waals surface area (Å²) in [4.78, 5) is 0. The van der Waals surface area contributed by atoms with E-state index in [1.807, 2.05) is 25.1 Å². The summed E-state index contributed by atoms with van der Waals surface area (Å²) in [7, 11) is 0. The first-order chi connectivity index (χ1) is 9.56. The van der Waals surface area contributed by atoms with Gasteiger partial charge in [0.15, 0.2) is 5.90 Å². The lowest BCUT2D eigenvalue weighted by atomic mass is 9.96. The maximum Gasteiger partial charge on any atom is 0.204 e. The molecule has 1 saturated heterocycles. The van der Waals surface area contributed by atoms with Crippen LogP contribution in [-0.4, -0.2) is 24.4 Å². The molecule has 0 spiro atoms. The minimum atomic E-state index is -0.334. The minimum Gasteiger partial charge on any atom is -0.452 e. The van der Waals surface area contributed by atoms with Crippen molar-refractivity contribution in [2.45, 2.75) is 52.3 Å².